The first-order chi connectivity index (χ1) is 9.50. The molecule has 0 aliphatic carbocycles. The highest BCUT2D eigenvalue weighted by Crippen LogP contribution is 2.20. The Hall–Kier alpha value is -2.36. The third-order valence-electron chi connectivity index (χ3n) is 3.78. The highest BCUT2D eigenvalue weighted by Gasteiger charge is 2.13. The fraction of sp³-hybridized carbons (Fsp3) is 0.250. The third-order valence-corrected chi connectivity index (χ3v) is 3.78. The van der Waals surface area contributed by atoms with E-state index in [0.717, 1.165) is 39.2 Å². The maximum Gasteiger partial charge on any atom is 0.143 e. The summed E-state index contributed by atoms with van der Waals surface area (Å²) < 4.78 is 1.94. The molecule has 0 aliphatic heterocycles. The molecule has 0 unspecified atom stereocenters. The van der Waals surface area contributed by atoms with Crippen molar-refractivity contribution in [3.05, 3.63) is 52.4 Å². The second kappa shape index (κ2) is 4.34. The van der Waals surface area contributed by atoms with E-state index in [1.54, 1.807) is 0 Å². The molecule has 3 rings (SSSR count). The normalized spacial score (nSPS) is 11.2. The number of nitrogens with zero attached hydrogens (tertiary/aromatic N) is 2. The minimum Gasteiger partial charge on any atom is -0.346 e. The Morgan fingerprint density at radius 1 is 1.05 bits per heavy atom. The predicted molar refractivity (Wildman–Crippen MR) is 80.2 cm³/mol. The molecule has 2 N–H and O–H groups in total. The van der Waals surface area contributed by atoms with Gasteiger partial charge in [-0.2, -0.15) is 0 Å². The van der Waals surface area contributed by atoms with Crippen molar-refractivity contribution in [1.82, 2.24) is 14.5 Å². The topological polar surface area (TPSA) is 57.5 Å². The molecule has 0 fully saturated rings. The van der Waals surface area contributed by atoms with E-state index in [1.165, 1.54) is 0 Å². The van der Waals surface area contributed by atoms with Crippen LogP contribution in [0.15, 0.2) is 24.4 Å². The van der Waals surface area contributed by atoms with Gasteiger partial charge in [0.15, 0.2) is 0 Å². The Balaban J connectivity index is 2.48. The van der Waals surface area contributed by atoms with Crippen molar-refractivity contribution in [3.63, 3.8) is 0 Å². The Labute approximate surface area is 117 Å². The van der Waals surface area contributed by atoms with E-state index in [0.29, 0.717) is 5.49 Å². The smallest absolute Gasteiger partial charge is 0.143 e. The lowest BCUT2D eigenvalue weighted by Gasteiger charge is -2.16. The van der Waals surface area contributed by atoms with Gasteiger partial charge in [-0.25, -0.2) is 4.98 Å². The van der Waals surface area contributed by atoms with Crippen LogP contribution in [-0.2, 0) is 0 Å². The molecule has 102 valence electrons. The van der Waals surface area contributed by atoms with Crippen molar-refractivity contribution in [2.75, 3.05) is 0 Å². The van der Waals surface area contributed by atoms with Crippen LogP contribution in [0.5, 0.6) is 0 Å². The largest absolute Gasteiger partial charge is 0.346 e. The number of nitrogens with one attached hydrogen (secondary N) is 2. The molecular weight excluding hydrogens is 248 g/mol. The molecule has 0 saturated carbocycles. The van der Waals surface area contributed by atoms with E-state index in [1.807, 2.05) is 30.7 Å². The van der Waals surface area contributed by atoms with Gasteiger partial charge in [0, 0.05) is 6.20 Å². The van der Waals surface area contributed by atoms with Crippen LogP contribution in [0.3, 0.4) is 0 Å². The van der Waals surface area contributed by atoms with Crippen LogP contribution in [0.1, 0.15) is 22.5 Å². The standard InChI is InChI=1S/C16H18N4/c1-9-6-5-7-10(2)14(9)20-12(4)19-16-13(15(20)17)11(3)8-18-16/h5-8,17-18H,1-4H3. The quantitative estimate of drug-likeness (QED) is 0.698. The molecule has 0 bridgehead atoms. The van der Waals surface area contributed by atoms with E-state index in [4.69, 9.17) is 5.41 Å². The summed E-state index contributed by atoms with van der Waals surface area (Å²) >= 11 is 0. The Bertz CT molecular complexity index is 848. The first-order valence-corrected chi connectivity index (χ1v) is 6.69. The molecule has 0 aliphatic rings. The summed E-state index contributed by atoms with van der Waals surface area (Å²) in [5.74, 6) is 0.821. The van der Waals surface area contributed by atoms with Gasteiger partial charge in [-0.15, -0.1) is 0 Å². The molecule has 4 nitrogen and oxygen atoms in total. The number of H-pyrrole nitrogens is 1. The zero-order valence-corrected chi connectivity index (χ0v) is 12.2. The maximum atomic E-state index is 8.57. The number of hydrogen-bond acceptors (Lipinski definition) is 2. The number of fused-ring (bicyclic) bond motifs is 1. The van der Waals surface area contributed by atoms with Crippen LogP contribution < -0.4 is 5.49 Å². The van der Waals surface area contributed by atoms with Gasteiger partial charge in [0.05, 0.1) is 11.1 Å². The lowest BCUT2D eigenvalue weighted by Crippen LogP contribution is -2.24. The summed E-state index contributed by atoms with van der Waals surface area (Å²) in [6.45, 7) is 8.09. The molecule has 0 atom stereocenters. The van der Waals surface area contributed by atoms with E-state index < -0.39 is 0 Å². The third kappa shape index (κ3) is 1.68. The second-order valence-corrected chi connectivity index (χ2v) is 5.28. The number of aryl methyl sites for hydroxylation is 4. The number of para-hydroxylation sites is 1. The van der Waals surface area contributed by atoms with E-state index >= 15 is 0 Å². The molecule has 0 spiro atoms. The van der Waals surface area contributed by atoms with Crippen molar-refractivity contribution in [1.29, 1.82) is 5.41 Å². The van der Waals surface area contributed by atoms with Crippen LogP contribution >= 0.6 is 0 Å². The summed E-state index contributed by atoms with van der Waals surface area (Å²) in [5, 5.41) is 9.46. The summed E-state index contributed by atoms with van der Waals surface area (Å²) in [7, 11) is 0. The van der Waals surface area contributed by atoms with E-state index in [2.05, 4.69) is 35.9 Å². The molecule has 20 heavy (non-hydrogen) atoms. The lowest BCUT2D eigenvalue weighted by atomic mass is 10.1. The molecule has 2 heterocycles. The Morgan fingerprint density at radius 2 is 1.70 bits per heavy atom. The van der Waals surface area contributed by atoms with Crippen LogP contribution in [-0.4, -0.2) is 14.5 Å². The fourth-order valence-electron chi connectivity index (χ4n) is 2.81. The van der Waals surface area contributed by atoms with Gasteiger partial charge in [-0.1, -0.05) is 18.2 Å². The molecular formula is C16H18N4. The first kappa shape index (κ1) is 12.7. The maximum absolute atomic E-state index is 8.57. The summed E-state index contributed by atoms with van der Waals surface area (Å²) in [5.41, 5.74) is 5.69. The number of hydrogen-bond donors (Lipinski definition) is 2. The number of aromatic nitrogens is 3. The Morgan fingerprint density at radius 3 is 2.35 bits per heavy atom. The zero-order chi connectivity index (χ0) is 14.4. The van der Waals surface area contributed by atoms with Crippen LogP contribution in [0, 0.1) is 33.1 Å². The average molecular weight is 266 g/mol. The Kier molecular flexibility index (Phi) is 2.74. The van der Waals surface area contributed by atoms with Gasteiger partial charge in [0.1, 0.15) is 17.0 Å². The van der Waals surface area contributed by atoms with Gasteiger partial charge in [-0.05, 0) is 44.4 Å². The minimum absolute atomic E-state index is 0.489. The highest BCUT2D eigenvalue weighted by atomic mass is 15.1. The number of rotatable bonds is 1. The molecule has 0 saturated heterocycles. The average Bonchev–Trinajstić information content (AvgIpc) is 2.74. The number of aromatic amines is 1. The second-order valence-electron chi connectivity index (χ2n) is 5.28. The summed E-state index contributed by atoms with van der Waals surface area (Å²) in [6, 6.07) is 6.19. The zero-order valence-electron chi connectivity index (χ0n) is 12.2. The van der Waals surface area contributed by atoms with Crippen LogP contribution in [0.4, 0.5) is 0 Å². The molecule has 3 aromatic rings. The van der Waals surface area contributed by atoms with Crippen molar-refractivity contribution in [3.8, 4) is 5.69 Å². The summed E-state index contributed by atoms with van der Waals surface area (Å²) in [6.07, 6.45) is 1.91. The fourth-order valence-corrected chi connectivity index (χ4v) is 2.81. The van der Waals surface area contributed by atoms with Crippen molar-refractivity contribution in [2.45, 2.75) is 27.7 Å². The molecule has 4 heteroatoms. The van der Waals surface area contributed by atoms with Gasteiger partial charge in [0.25, 0.3) is 0 Å². The monoisotopic (exact) mass is 266 g/mol. The molecule has 1 aromatic carbocycles. The van der Waals surface area contributed by atoms with Crippen LogP contribution in [0.25, 0.3) is 16.7 Å². The number of benzene rings is 1. The van der Waals surface area contributed by atoms with Crippen molar-refractivity contribution >= 4 is 11.0 Å². The molecule has 2 aromatic heterocycles. The first-order valence-electron chi connectivity index (χ1n) is 6.69. The minimum atomic E-state index is 0.489. The highest BCUT2D eigenvalue weighted by molar-refractivity contribution is 5.78. The van der Waals surface area contributed by atoms with Crippen molar-refractivity contribution < 1.29 is 0 Å². The van der Waals surface area contributed by atoms with Gasteiger partial charge in [0.2, 0.25) is 0 Å². The lowest BCUT2D eigenvalue weighted by molar-refractivity contribution is 0.842. The van der Waals surface area contributed by atoms with E-state index in [-0.39, 0.29) is 0 Å². The SMILES string of the molecule is Cc1cccc(C)c1-n1c(C)nc2[nH]cc(C)c2c1=N. The van der Waals surface area contributed by atoms with E-state index in [9.17, 15) is 0 Å². The molecule has 0 radical (unpaired) electrons. The van der Waals surface area contributed by atoms with Gasteiger partial charge < -0.3 is 4.98 Å². The summed E-state index contributed by atoms with van der Waals surface area (Å²) in [4.78, 5) is 7.74. The predicted octanol–water partition coefficient (Wildman–Crippen LogP) is 3.07. The van der Waals surface area contributed by atoms with Crippen molar-refractivity contribution in [2.24, 2.45) is 0 Å². The molecule has 0 amide bonds. The van der Waals surface area contributed by atoms with Crippen LogP contribution in [0.2, 0.25) is 0 Å². The van der Waals surface area contributed by atoms with Gasteiger partial charge >= 0.3 is 0 Å². The van der Waals surface area contributed by atoms with Gasteiger partial charge in [-0.3, -0.25) is 9.98 Å².